The van der Waals surface area contributed by atoms with E-state index in [1.54, 1.807) is 6.92 Å². The lowest BCUT2D eigenvalue weighted by atomic mass is 9.78. The van der Waals surface area contributed by atoms with Crippen LogP contribution in [0.2, 0.25) is 0 Å². The van der Waals surface area contributed by atoms with Crippen LogP contribution in [0.5, 0.6) is 0 Å². The molecule has 2 unspecified atom stereocenters. The molecule has 0 saturated carbocycles. The molecule has 0 spiro atoms. The summed E-state index contributed by atoms with van der Waals surface area (Å²) < 4.78 is 0. The molecule has 0 aromatic heterocycles. The SMILES string of the molecule is CCC(C)(NC(=O)CCCCCN1C(=O)C=CC1=O)C(CCCCNO)C(=O)N(C)CC(=O)[C@@](C)(O)CC. The molecule has 0 radical (unpaired) electrons. The average Bonchev–Trinajstić information content (AvgIpc) is 3.19. The number of likely N-dealkylation sites (N-methyl/N-ethyl adjacent to an activating group) is 1. The van der Waals surface area contributed by atoms with Crippen LogP contribution in [0.15, 0.2) is 12.2 Å². The van der Waals surface area contributed by atoms with Gasteiger partial charge in [-0.2, -0.15) is 0 Å². The van der Waals surface area contributed by atoms with Gasteiger partial charge in [0.1, 0.15) is 5.60 Å². The molecule has 1 aliphatic heterocycles. The van der Waals surface area contributed by atoms with Crippen LogP contribution in [0.3, 0.4) is 0 Å². The summed E-state index contributed by atoms with van der Waals surface area (Å²) in [6.07, 6.45) is 6.95. The van der Waals surface area contributed by atoms with E-state index in [4.69, 9.17) is 5.21 Å². The zero-order chi connectivity index (χ0) is 28.9. The lowest BCUT2D eigenvalue weighted by Gasteiger charge is -2.39. The van der Waals surface area contributed by atoms with Crippen molar-refractivity contribution in [1.82, 2.24) is 20.6 Å². The monoisotopic (exact) mass is 538 g/mol. The van der Waals surface area contributed by atoms with Gasteiger partial charge < -0.3 is 20.5 Å². The molecule has 3 atom stereocenters. The molecule has 0 aromatic carbocycles. The third-order valence-electron chi connectivity index (χ3n) is 7.49. The number of imide groups is 1. The molecule has 1 heterocycles. The number of nitrogens with zero attached hydrogens (tertiary/aromatic N) is 2. The molecule has 0 aliphatic carbocycles. The number of carbonyl (C=O) groups excluding carboxylic acids is 5. The first kappa shape index (κ1) is 33.4. The van der Waals surface area contributed by atoms with Crippen molar-refractivity contribution in [3.63, 3.8) is 0 Å². The van der Waals surface area contributed by atoms with E-state index >= 15 is 0 Å². The topological polar surface area (TPSA) is 156 Å². The second kappa shape index (κ2) is 15.7. The molecule has 11 heteroatoms. The Labute approximate surface area is 226 Å². The van der Waals surface area contributed by atoms with E-state index < -0.39 is 22.8 Å². The molecular formula is C27H46N4O7. The Bertz CT molecular complexity index is 855. The van der Waals surface area contributed by atoms with Gasteiger partial charge in [0.25, 0.3) is 11.8 Å². The van der Waals surface area contributed by atoms with Crippen LogP contribution < -0.4 is 10.8 Å². The molecular weight excluding hydrogens is 492 g/mol. The van der Waals surface area contributed by atoms with E-state index in [2.05, 4.69) is 10.8 Å². The van der Waals surface area contributed by atoms with Gasteiger partial charge in [-0.25, -0.2) is 5.48 Å². The molecule has 216 valence electrons. The van der Waals surface area contributed by atoms with Crippen LogP contribution in [0.25, 0.3) is 0 Å². The maximum atomic E-state index is 13.5. The van der Waals surface area contributed by atoms with E-state index in [1.807, 2.05) is 13.8 Å². The van der Waals surface area contributed by atoms with Crippen molar-refractivity contribution in [3.8, 4) is 0 Å². The van der Waals surface area contributed by atoms with Crippen molar-refractivity contribution in [2.75, 3.05) is 26.7 Å². The van der Waals surface area contributed by atoms with Crippen molar-refractivity contribution in [3.05, 3.63) is 12.2 Å². The number of ketones is 1. The molecule has 4 N–H and O–H groups in total. The standard InChI is InChI=1S/C27H46N4O7/c1-6-26(3,29-22(33)14-9-8-12-18-31-23(34)15-16-24(31)35)20(13-10-11-17-28-38)25(36)30(5)19-21(32)27(4,37)7-2/h15-16,20,28,37-38H,6-14,17-19H2,1-5H3,(H,29,33)/t20?,26?,27-/m0/s1. The minimum Gasteiger partial charge on any atom is -0.382 e. The van der Waals surface area contributed by atoms with Crippen LogP contribution >= 0.6 is 0 Å². The summed E-state index contributed by atoms with van der Waals surface area (Å²) in [5, 5.41) is 22.2. The summed E-state index contributed by atoms with van der Waals surface area (Å²) in [5.74, 6) is -2.19. The number of hydrogen-bond acceptors (Lipinski definition) is 8. The Morgan fingerprint density at radius 1 is 1.00 bits per heavy atom. The number of Topliss-reactive ketones (excluding diaryl/α,β-unsaturated/α-hetero) is 1. The summed E-state index contributed by atoms with van der Waals surface area (Å²) in [7, 11) is 1.53. The third-order valence-corrected chi connectivity index (χ3v) is 7.49. The van der Waals surface area contributed by atoms with E-state index in [0.717, 1.165) is 0 Å². The van der Waals surface area contributed by atoms with Gasteiger partial charge in [0.05, 0.1) is 12.5 Å². The minimum atomic E-state index is -1.52. The van der Waals surface area contributed by atoms with Crippen LogP contribution in [-0.4, -0.2) is 87.3 Å². The minimum absolute atomic E-state index is 0.202. The molecule has 1 rings (SSSR count). The Hall–Kier alpha value is -2.63. The van der Waals surface area contributed by atoms with Crippen molar-refractivity contribution < 1.29 is 34.3 Å². The van der Waals surface area contributed by atoms with Gasteiger partial charge in [0.2, 0.25) is 11.8 Å². The Morgan fingerprint density at radius 2 is 1.63 bits per heavy atom. The van der Waals surface area contributed by atoms with E-state index in [9.17, 15) is 29.1 Å². The van der Waals surface area contributed by atoms with Crippen LogP contribution in [0.4, 0.5) is 0 Å². The summed E-state index contributed by atoms with van der Waals surface area (Å²) >= 11 is 0. The third kappa shape index (κ3) is 9.92. The van der Waals surface area contributed by atoms with Crippen molar-refractivity contribution >= 4 is 29.4 Å². The average molecular weight is 539 g/mol. The summed E-state index contributed by atoms with van der Waals surface area (Å²) in [5.41, 5.74) is -0.290. The van der Waals surface area contributed by atoms with Crippen molar-refractivity contribution in [2.45, 2.75) is 96.6 Å². The fraction of sp³-hybridized carbons (Fsp3) is 0.741. The number of nitrogens with one attached hydrogen (secondary N) is 2. The predicted molar refractivity (Wildman–Crippen MR) is 142 cm³/mol. The summed E-state index contributed by atoms with van der Waals surface area (Å²) in [6, 6.07) is 0. The summed E-state index contributed by atoms with van der Waals surface area (Å²) in [4.78, 5) is 64.7. The smallest absolute Gasteiger partial charge is 0.253 e. The van der Waals surface area contributed by atoms with Gasteiger partial charge in [-0.15, -0.1) is 0 Å². The maximum Gasteiger partial charge on any atom is 0.253 e. The zero-order valence-electron chi connectivity index (χ0n) is 23.5. The summed E-state index contributed by atoms with van der Waals surface area (Å²) in [6.45, 7) is 7.29. The highest BCUT2D eigenvalue weighted by atomic mass is 16.5. The first-order chi connectivity index (χ1) is 17.8. The Morgan fingerprint density at radius 3 is 2.18 bits per heavy atom. The van der Waals surface area contributed by atoms with E-state index in [0.29, 0.717) is 58.0 Å². The first-order valence-corrected chi connectivity index (χ1v) is 13.5. The second-order valence-corrected chi connectivity index (χ2v) is 10.5. The quantitative estimate of drug-likeness (QED) is 0.110. The Balaban J connectivity index is 2.79. The highest BCUT2D eigenvalue weighted by molar-refractivity contribution is 6.12. The molecule has 4 amide bonds. The molecule has 11 nitrogen and oxygen atoms in total. The van der Waals surface area contributed by atoms with Gasteiger partial charge in [-0.05, 0) is 52.4 Å². The molecule has 38 heavy (non-hydrogen) atoms. The number of aliphatic hydroxyl groups is 1. The number of hydrogen-bond donors (Lipinski definition) is 4. The lowest BCUT2D eigenvalue weighted by Crippen LogP contribution is -2.57. The first-order valence-electron chi connectivity index (χ1n) is 13.5. The Kier molecular flexibility index (Phi) is 13.8. The second-order valence-electron chi connectivity index (χ2n) is 10.5. The van der Waals surface area contributed by atoms with Crippen LogP contribution in [0, 0.1) is 5.92 Å². The number of carbonyl (C=O) groups is 5. The van der Waals surface area contributed by atoms with Crippen LogP contribution in [-0.2, 0) is 24.0 Å². The fourth-order valence-corrected chi connectivity index (χ4v) is 4.38. The largest absolute Gasteiger partial charge is 0.382 e. The van der Waals surface area contributed by atoms with Crippen molar-refractivity contribution in [1.29, 1.82) is 0 Å². The molecule has 1 aliphatic rings. The molecule has 0 aromatic rings. The van der Waals surface area contributed by atoms with E-state index in [1.165, 1.54) is 35.9 Å². The van der Waals surface area contributed by atoms with Crippen LogP contribution in [0.1, 0.15) is 85.5 Å². The number of hydroxylamine groups is 1. The zero-order valence-corrected chi connectivity index (χ0v) is 23.5. The van der Waals surface area contributed by atoms with Gasteiger partial charge in [0.15, 0.2) is 5.78 Å². The highest BCUT2D eigenvalue weighted by Crippen LogP contribution is 2.29. The van der Waals surface area contributed by atoms with Gasteiger partial charge in [-0.1, -0.05) is 26.7 Å². The fourth-order valence-electron chi connectivity index (χ4n) is 4.38. The number of rotatable bonds is 19. The van der Waals surface area contributed by atoms with Gasteiger partial charge in [0, 0.05) is 44.2 Å². The predicted octanol–water partition coefficient (Wildman–Crippen LogP) is 1.71. The van der Waals surface area contributed by atoms with Crippen molar-refractivity contribution in [2.24, 2.45) is 5.92 Å². The highest BCUT2D eigenvalue weighted by Gasteiger charge is 2.41. The molecule has 0 saturated heterocycles. The number of unbranched alkanes of at least 4 members (excludes halogenated alkanes) is 3. The number of amides is 4. The van der Waals surface area contributed by atoms with Gasteiger partial charge in [-0.3, -0.25) is 28.9 Å². The molecule has 0 fully saturated rings. The lowest BCUT2D eigenvalue weighted by molar-refractivity contribution is -0.146. The normalized spacial score (nSPS) is 17.2. The van der Waals surface area contributed by atoms with E-state index in [-0.39, 0.29) is 43.0 Å². The molecule has 0 bridgehead atoms. The van der Waals surface area contributed by atoms with Gasteiger partial charge >= 0.3 is 0 Å². The maximum absolute atomic E-state index is 13.5.